The molecule has 0 aromatic carbocycles. The Morgan fingerprint density at radius 1 is 1.26 bits per heavy atom. The van der Waals surface area contributed by atoms with Gasteiger partial charge in [0.25, 0.3) is 0 Å². The molecule has 3 nitrogen and oxygen atoms in total. The maximum absolute atomic E-state index is 5.24. The van der Waals surface area contributed by atoms with Crippen LogP contribution >= 0.6 is 0 Å². The van der Waals surface area contributed by atoms with E-state index in [0.29, 0.717) is 11.1 Å². The Hall–Kier alpha value is -0.120. The van der Waals surface area contributed by atoms with Crippen molar-refractivity contribution in [2.45, 2.75) is 64.0 Å². The van der Waals surface area contributed by atoms with Gasteiger partial charge in [-0.05, 0) is 44.9 Å². The highest BCUT2D eigenvalue weighted by molar-refractivity contribution is 5.08. The topological polar surface area (TPSA) is 24.5 Å². The molecule has 19 heavy (non-hydrogen) atoms. The van der Waals surface area contributed by atoms with Crippen LogP contribution in [-0.2, 0) is 4.74 Å². The van der Waals surface area contributed by atoms with Crippen LogP contribution in [0.1, 0.15) is 52.9 Å². The lowest BCUT2D eigenvalue weighted by molar-refractivity contribution is -0.00664. The third-order valence-corrected chi connectivity index (χ3v) is 5.62. The summed E-state index contributed by atoms with van der Waals surface area (Å²) in [6.07, 6.45) is 6.45. The molecule has 0 amide bonds. The molecule has 0 spiro atoms. The SMILES string of the molecule is CCC1(CC)CN(CCCOC)C(C)(C2CC2)CN1. The summed E-state index contributed by atoms with van der Waals surface area (Å²) in [4.78, 5) is 2.77. The maximum Gasteiger partial charge on any atom is 0.0474 e. The van der Waals surface area contributed by atoms with Crippen molar-refractivity contribution in [2.24, 2.45) is 5.92 Å². The Morgan fingerprint density at radius 2 is 1.95 bits per heavy atom. The summed E-state index contributed by atoms with van der Waals surface area (Å²) in [6.45, 7) is 11.6. The minimum absolute atomic E-state index is 0.335. The molecule has 2 rings (SSSR count). The molecule has 1 atom stereocenters. The molecule has 2 fully saturated rings. The Labute approximate surface area is 119 Å². The van der Waals surface area contributed by atoms with Gasteiger partial charge in [-0.2, -0.15) is 0 Å². The lowest BCUT2D eigenvalue weighted by Gasteiger charge is -2.54. The van der Waals surface area contributed by atoms with Gasteiger partial charge in [-0.25, -0.2) is 0 Å². The van der Waals surface area contributed by atoms with Crippen molar-refractivity contribution in [1.29, 1.82) is 0 Å². The zero-order valence-corrected chi connectivity index (χ0v) is 13.3. The standard InChI is InChI=1S/C16H32N2O/c1-5-16(6-2)13-18(10-7-11-19-4)15(3,12-17-16)14-8-9-14/h14,17H,5-13H2,1-4H3. The highest BCUT2D eigenvalue weighted by Gasteiger charge is 2.50. The highest BCUT2D eigenvalue weighted by atomic mass is 16.5. The van der Waals surface area contributed by atoms with Crippen LogP contribution < -0.4 is 5.32 Å². The molecule has 3 heteroatoms. The number of nitrogens with zero attached hydrogens (tertiary/aromatic N) is 1. The van der Waals surface area contributed by atoms with Crippen LogP contribution in [0.3, 0.4) is 0 Å². The highest BCUT2D eigenvalue weighted by Crippen LogP contribution is 2.45. The molecule has 0 aromatic heterocycles. The first-order valence-electron chi connectivity index (χ1n) is 8.09. The summed E-state index contributed by atoms with van der Waals surface area (Å²) < 4.78 is 5.24. The first kappa shape index (κ1) is 15.3. The lowest BCUT2D eigenvalue weighted by Crippen LogP contribution is -2.69. The molecule has 0 radical (unpaired) electrons. The van der Waals surface area contributed by atoms with Gasteiger partial charge in [0, 0.05) is 44.4 Å². The monoisotopic (exact) mass is 268 g/mol. The van der Waals surface area contributed by atoms with Crippen molar-refractivity contribution in [1.82, 2.24) is 10.2 Å². The summed E-state index contributed by atoms with van der Waals surface area (Å²) >= 11 is 0. The van der Waals surface area contributed by atoms with E-state index < -0.39 is 0 Å². The molecule has 0 aromatic rings. The molecule has 112 valence electrons. The molecule has 1 aliphatic heterocycles. The van der Waals surface area contributed by atoms with Crippen LogP contribution in [0.4, 0.5) is 0 Å². The van der Waals surface area contributed by atoms with Crippen LogP contribution in [0, 0.1) is 5.92 Å². The predicted octanol–water partition coefficient (Wildman–Crippen LogP) is 2.66. The van der Waals surface area contributed by atoms with Gasteiger partial charge >= 0.3 is 0 Å². The smallest absolute Gasteiger partial charge is 0.0474 e. The van der Waals surface area contributed by atoms with E-state index in [1.807, 2.05) is 0 Å². The van der Waals surface area contributed by atoms with Gasteiger partial charge in [-0.1, -0.05) is 13.8 Å². The molecule has 1 unspecified atom stereocenters. The Bertz CT molecular complexity index is 286. The second-order valence-electron chi connectivity index (χ2n) is 6.74. The number of ether oxygens (including phenoxy) is 1. The van der Waals surface area contributed by atoms with Gasteiger partial charge in [0.05, 0.1) is 0 Å². The molecule has 1 saturated carbocycles. The summed E-state index contributed by atoms with van der Waals surface area (Å²) in [7, 11) is 1.81. The van der Waals surface area contributed by atoms with Crippen molar-refractivity contribution < 1.29 is 4.74 Å². The molecule has 1 N–H and O–H groups in total. The quantitative estimate of drug-likeness (QED) is 0.718. The van der Waals surface area contributed by atoms with Gasteiger partial charge in [0.2, 0.25) is 0 Å². The second-order valence-corrected chi connectivity index (χ2v) is 6.74. The number of nitrogens with one attached hydrogen (secondary N) is 1. The molecular weight excluding hydrogens is 236 g/mol. The summed E-state index contributed by atoms with van der Waals surface area (Å²) in [5.74, 6) is 0.911. The summed E-state index contributed by atoms with van der Waals surface area (Å²) in [5, 5.41) is 3.89. The number of hydrogen-bond acceptors (Lipinski definition) is 3. The van der Waals surface area contributed by atoms with Gasteiger partial charge in [0.1, 0.15) is 0 Å². The van der Waals surface area contributed by atoms with Gasteiger partial charge in [-0.3, -0.25) is 4.90 Å². The van der Waals surface area contributed by atoms with Gasteiger partial charge < -0.3 is 10.1 Å². The van der Waals surface area contributed by atoms with E-state index in [9.17, 15) is 0 Å². The largest absolute Gasteiger partial charge is 0.385 e. The average molecular weight is 268 g/mol. The van der Waals surface area contributed by atoms with E-state index in [1.54, 1.807) is 7.11 Å². The Balaban J connectivity index is 2.04. The fourth-order valence-corrected chi connectivity index (χ4v) is 3.65. The Kier molecular flexibility index (Phi) is 4.91. The van der Waals surface area contributed by atoms with E-state index in [2.05, 4.69) is 31.0 Å². The number of methoxy groups -OCH3 is 1. The third-order valence-electron chi connectivity index (χ3n) is 5.62. The van der Waals surface area contributed by atoms with Crippen molar-refractivity contribution in [2.75, 3.05) is 33.4 Å². The van der Waals surface area contributed by atoms with Crippen LogP contribution in [0.5, 0.6) is 0 Å². The van der Waals surface area contributed by atoms with Crippen LogP contribution in [-0.4, -0.2) is 49.3 Å². The van der Waals surface area contributed by atoms with Gasteiger partial charge in [-0.15, -0.1) is 0 Å². The van der Waals surface area contributed by atoms with Crippen LogP contribution in [0.2, 0.25) is 0 Å². The van der Waals surface area contributed by atoms with Gasteiger partial charge in [0.15, 0.2) is 0 Å². The van der Waals surface area contributed by atoms with E-state index in [1.165, 1.54) is 38.8 Å². The number of hydrogen-bond donors (Lipinski definition) is 1. The van der Waals surface area contributed by atoms with Crippen molar-refractivity contribution >= 4 is 0 Å². The number of rotatable bonds is 7. The van der Waals surface area contributed by atoms with E-state index >= 15 is 0 Å². The maximum atomic E-state index is 5.24. The fraction of sp³-hybridized carbons (Fsp3) is 1.00. The Morgan fingerprint density at radius 3 is 2.47 bits per heavy atom. The third kappa shape index (κ3) is 3.14. The van der Waals surface area contributed by atoms with Crippen LogP contribution in [0.25, 0.3) is 0 Å². The minimum Gasteiger partial charge on any atom is -0.385 e. The normalized spacial score (nSPS) is 31.6. The molecular formula is C16H32N2O. The average Bonchev–Trinajstić information content (AvgIpc) is 3.26. The van der Waals surface area contributed by atoms with Crippen molar-refractivity contribution in [3.8, 4) is 0 Å². The predicted molar refractivity (Wildman–Crippen MR) is 80.5 cm³/mol. The molecule has 1 heterocycles. The molecule has 1 saturated heterocycles. The molecule has 0 bridgehead atoms. The van der Waals surface area contributed by atoms with E-state index in [4.69, 9.17) is 4.74 Å². The second kappa shape index (κ2) is 6.11. The molecule has 1 aliphatic carbocycles. The summed E-state index contributed by atoms with van der Waals surface area (Å²) in [5.41, 5.74) is 0.711. The lowest BCUT2D eigenvalue weighted by atomic mass is 9.81. The summed E-state index contributed by atoms with van der Waals surface area (Å²) in [6, 6.07) is 0. The number of piperazine rings is 1. The molecule has 2 aliphatic rings. The fourth-order valence-electron chi connectivity index (χ4n) is 3.65. The van der Waals surface area contributed by atoms with E-state index in [-0.39, 0.29) is 0 Å². The van der Waals surface area contributed by atoms with Crippen molar-refractivity contribution in [3.63, 3.8) is 0 Å². The first-order valence-corrected chi connectivity index (χ1v) is 8.09. The zero-order valence-electron chi connectivity index (χ0n) is 13.3. The minimum atomic E-state index is 0.335. The zero-order chi connectivity index (χ0) is 13.9. The van der Waals surface area contributed by atoms with E-state index in [0.717, 1.165) is 25.5 Å². The first-order chi connectivity index (χ1) is 9.10. The van der Waals surface area contributed by atoms with Crippen LogP contribution in [0.15, 0.2) is 0 Å². The van der Waals surface area contributed by atoms with Crippen molar-refractivity contribution in [3.05, 3.63) is 0 Å².